The summed E-state index contributed by atoms with van der Waals surface area (Å²) in [5.41, 5.74) is 1.31. The largest absolute Gasteiger partial charge is 0.334 e. The van der Waals surface area contributed by atoms with Crippen LogP contribution in [0.2, 0.25) is 0 Å². The lowest BCUT2D eigenvalue weighted by molar-refractivity contribution is 0.0703. The monoisotopic (exact) mass is 271 g/mol. The molecule has 1 N–H and O–H groups in total. The van der Waals surface area contributed by atoms with E-state index in [1.807, 2.05) is 23.2 Å². The van der Waals surface area contributed by atoms with Gasteiger partial charge >= 0.3 is 0 Å². The zero-order valence-electron chi connectivity index (χ0n) is 11.4. The van der Waals surface area contributed by atoms with Gasteiger partial charge in [0.25, 0.3) is 5.91 Å². The minimum atomic E-state index is -0.0210. The number of aromatic nitrogens is 3. The van der Waals surface area contributed by atoms with E-state index in [2.05, 4.69) is 22.3 Å². The van der Waals surface area contributed by atoms with Crippen molar-refractivity contribution in [3.63, 3.8) is 0 Å². The first kappa shape index (κ1) is 12.8. The van der Waals surface area contributed by atoms with Gasteiger partial charge in [-0.2, -0.15) is 5.10 Å². The molecule has 1 fully saturated rings. The summed E-state index contributed by atoms with van der Waals surface area (Å²) in [5, 5.41) is 7.49. The van der Waals surface area contributed by atoms with Crippen LogP contribution in [0, 0.1) is 0 Å². The van der Waals surface area contributed by atoms with Crippen LogP contribution in [0.25, 0.3) is 5.69 Å². The van der Waals surface area contributed by atoms with Gasteiger partial charge in [-0.05, 0) is 25.1 Å². The molecule has 3 rings (SSSR count). The molecule has 0 aromatic carbocycles. The molecule has 6 heteroatoms. The fraction of sp³-hybridized carbons (Fsp3) is 0.357. The van der Waals surface area contributed by atoms with Crippen LogP contribution < -0.4 is 5.32 Å². The molecule has 1 amide bonds. The molecular weight excluding hydrogens is 254 g/mol. The molecule has 3 heterocycles. The van der Waals surface area contributed by atoms with Crippen LogP contribution in [0.5, 0.6) is 0 Å². The van der Waals surface area contributed by atoms with Crippen LogP contribution >= 0.6 is 0 Å². The normalized spacial score (nSPS) is 19.1. The Labute approximate surface area is 117 Å². The number of nitrogens with one attached hydrogen (secondary N) is 1. The third-order valence-electron chi connectivity index (χ3n) is 3.39. The number of hydrogen-bond donors (Lipinski definition) is 1. The van der Waals surface area contributed by atoms with Gasteiger partial charge in [0, 0.05) is 44.3 Å². The fourth-order valence-corrected chi connectivity index (χ4v) is 2.38. The Morgan fingerprint density at radius 1 is 1.45 bits per heavy atom. The Bertz CT molecular complexity index is 595. The van der Waals surface area contributed by atoms with Crippen molar-refractivity contribution in [3.8, 4) is 5.69 Å². The second kappa shape index (κ2) is 5.42. The molecule has 0 bridgehead atoms. The number of hydrogen-bond acceptors (Lipinski definition) is 4. The average molecular weight is 271 g/mol. The van der Waals surface area contributed by atoms with E-state index in [4.69, 9.17) is 0 Å². The van der Waals surface area contributed by atoms with E-state index < -0.39 is 0 Å². The Morgan fingerprint density at radius 3 is 3.10 bits per heavy atom. The van der Waals surface area contributed by atoms with E-state index in [1.54, 1.807) is 23.1 Å². The van der Waals surface area contributed by atoms with Crippen molar-refractivity contribution < 1.29 is 4.79 Å². The summed E-state index contributed by atoms with van der Waals surface area (Å²) in [6, 6.07) is 5.79. The summed E-state index contributed by atoms with van der Waals surface area (Å²) in [4.78, 5) is 18.5. The number of carbonyl (C=O) groups is 1. The maximum absolute atomic E-state index is 12.5. The van der Waals surface area contributed by atoms with Crippen LogP contribution in [0.4, 0.5) is 0 Å². The molecule has 0 spiro atoms. The van der Waals surface area contributed by atoms with Crippen molar-refractivity contribution in [2.75, 3.05) is 19.6 Å². The fourth-order valence-electron chi connectivity index (χ4n) is 2.38. The van der Waals surface area contributed by atoms with Crippen molar-refractivity contribution in [3.05, 3.63) is 42.5 Å². The number of rotatable bonds is 2. The quantitative estimate of drug-likeness (QED) is 0.873. The highest BCUT2D eigenvalue weighted by Gasteiger charge is 2.22. The van der Waals surface area contributed by atoms with E-state index in [0.29, 0.717) is 18.3 Å². The standard InChI is InChI=1S/C14H17N5O/c1-11-10-18(8-6-15-11)14(20)13-9-12(3-5-16-13)19-7-2-4-17-19/h2-5,7,9,11,15H,6,8,10H2,1H3/t11-/m1/s1. The van der Waals surface area contributed by atoms with Crippen molar-refractivity contribution >= 4 is 5.91 Å². The zero-order chi connectivity index (χ0) is 13.9. The van der Waals surface area contributed by atoms with Gasteiger partial charge in [0.2, 0.25) is 0 Å². The number of amides is 1. The molecule has 2 aromatic rings. The van der Waals surface area contributed by atoms with Crippen LogP contribution in [0.1, 0.15) is 17.4 Å². The van der Waals surface area contributed by atoms with E-state index in [-0.39, 0.29) is 5.91 Å². The summed E-state index contributed by atoms with van der Waals surface area (Å²) in [7, 11) is 0. The summed E-state index contributed by atoms with van der Waals surface area (Å²) >= 11 is 0. The molecule has 2 aromatic heterocycles. The summed E-state index contributed by atoms with van der Waals surface area (Å²) in [6.07, 6.45) is 5.20. The number of nitrogens with zero attached hydrogens (tertiary/aromatic N) is 4. The second-order valence-electron chi connectivity index (χ2n) is 4.96. The molecule has 6 nitrogen and oxygen atoms in total. The van der Waals surface area contributed by atoms with Crippen LogP contribution in [0.15, 0.2) is 36.8 Å². The summed E-state index contributed by atoms with van der Waals surface area (Å²) in [5.74, 6) is -0.0210. The van der Waals surface area contributed by atoms with Gasteiger partial charge in [-0.1, -0.05) is 0 Å². The first-order chi connectivity index (χ1) is 9.74. The molecule has 1 aliphatic heterocycles. The van der Waals surface area contributed by atoms with E-state index in [0.717, 1.165) is 18.8 Å². The highest BCUT2D eigenvalue weighted by Crippen LogP contribution is 2.10. The maximum atomic E-state index is 12.5. The van der Waals surface area contributed by atoms with Gasteiger partial charge in [-0.3, -0.25) is 9.78 Å². The predicted molar refractivity (Wildman–Crippen MR) is 74.7 cm³/mol. The lowest BCUT2D eigenvalue weighted by Crippen LogP contribution is -2.51. The Balaban J connectivity index is 1.83. The van der Waals surface area contributed by atoms with Crippen molar-refractivity contribution in [2.24, 2.45) is 0 Å². The lowest BCUT2D eigenvalue weighted by atomic mass is 10.2. The number of pyridine rings is 1. The SMILES string of the molecule is C[C@@H]1CN(C(=O)c2cc(-n3cccn3)ccn2)CCN1. The first-order valence-electron chi connectivity index (χ1n) is 6.73. The molecule has 0 saturated carbocycles. The smallest absolute Gasteiger partial charge is 0.272 e. The van der Waals surface area contributed by atoms with Gasteiger partial charge in [-0.15, -0.1) is 0 Å². The van der Waals surface area contributed by atoms with Gasteiger partial charge < -0.3 is 10.2 Å². The molecule has 1 saturated heterocycles. The second-order valence-corrected chi connectivity index (χ2v) is 4.96. The third kappa shape index (κ3) is 2.55. The number of carbonyl (C=O) groups excluding carboxylic acids is 1. The van der Waals surface area contributed by atoms with Crippen LogP contribution in [-0.4, -0.2) is 51.2 Å². The lowest BCUT2D eigenvalue weighted by Gasteiger charge is -2.31. The molecular formula is C14H17N5O. The third-order valence-corrected chi connectivity index (χ3v) is 3.39. The first-order valence-corrected chi connectivity index (χ1v) is 6.73. The van der Waals surface area contributed by atoms with Crippen LogP contribution in [-0.2, 0) is 0 Å². The Kier molecular flexibility index (Phi) is 3.47. The predicted octanol–water partition coefficient (Wildman–Crippen LogP) is 0.701. The van der Waals surface area contributed by atoms with Gasteiger partial charge in [0.05, 0.1) is 5.69 Å². The Morgan fingerprint density at radius 2 is 2.35 bits per heavy atom. The zero-order valence-corrected chi connectivity index (χ0v) is 11.4. The van der Waals surface area contributed by atoms with Crippen LogP contribution in [0.3, 0.4) is 0 Å². The van der Waals surface area contributed by atoms with E-state index in [1.165, 1.54) is 0 Å². The molecule has 0 radical (unpaired) electrons. The van der Waals surface area contributed by atoms with Gasteiger partial charge in [0.1, 0.15) is 5.69 Å². The molecule has 20 heavy (non-hydrogen) atoms. The molecule has 0 aliphatic carbocycles. The summed E-state index contributed by atoms with van der Waals surface area (Å²) in [6.45, 7) is 4.34. The molecule has 1 aliphatic rings. The van der Waals surface area contributed by atoms with Gasteiger partial charge in [-0.25, -0.2) is 4.68 Å². The topological polar surface area (TPSA) is 63.1 Å². The van der Waals surface area contributed by atoms with Crippen molar-refractivity contribution in [1.82, 2.24) is 25.0 Å². The Hall–Kier alpha value is -2.21. The van der Waals surface area contributed by atoms with Crippen molar-refractivity contribution in [2.45, 2.75) is 13.0 Å². The maximum Gasteiger partial charge on any atom is 0.272 e. The highest BCUT2D eigenvalue weighted by atomic mass is 16.2. The minimum absolute atomic E-state index is 0.0210. The van der Waals surface area contributed by atoms with Crippen molar-refractivity contribution in [1.29, 1.82) is 0 Å². The molecule has 1 atom stereocenters. The van der Waals surface area contributed by atoms with E-state index in [9.17, 15) is 4.79 Å². The van der Waals surface area contributed by atoms with Gasteiger partial charge in [0.15, 0.2) is 0 Å². The average Bonchev–Trinajstić information content (AvgIpc) is 3.01. The minimum Gasteiger partial charge on any atom is -0.334 e. The number of piperazine rings is 1. The summed E-state index contributed by atoms with van der Waals surface area (Å²) < 4.78 is 1.72. The highest BCUT2D eigenvalue weighted by molar-refractivity contribution is 5.92. The molecule has 0 unspecified atom stereocenters. The van der Waals surface area contributed by atoms with E-state index >= 15 is 0 Å². The molecule has 104 valence electrons.